The van der Waals surface area contributed by atoms with Crippen molar-refractivity contribution in [2.24, 2.45) is 0 Å². The Hall–Kier alpha value is -1.72. The summed E-state index contributed by atoms with van der Waals surface area (Å²) in [6.07, 6.45) is 1.57. The summed E-state index contributed by atoms with van der Waals surface area (Å²) < 4.78 is 52.7. The van der Waals surface area contributed by atoms with Crippen molar-refractivity contribution in [2.45, 2.75) is 42.8 Å². The SMILES string of the molecule is CC[C@@]1(CO)COC2(C=C(C(=O)O)C(S(=O)(=O)Nc3ccc(F)cc3Cl)CC2)O1. The van der Waals surface area contributed by atoms with Gasteiger partial charge in [0.1, 0.15) is 16.7 Å². The van der Waals surface area contributed by atoms with Crippen LogP contribution >= 0.6 is 11.6 Å². The molecule has 29 heavy (non-hydrogen) atoms. The minimum Gasteiger partial charge on any atom is -0.478 e. The molecule has 1 aliphatic carbocycles. The zero-order valence-electron chi connectivity index (χ0n) is 15.5. The Kier molecular flexibility index (Phi) is 5.94. The Morgan fingerprint density at radius 1 is 1.45 bits per heavy atom. The van der Waals surface area contributed by atoms with Gasteiger partial charge in [0.2, 0.25) is 10.0 Å². The van der Waals surface area contributed by atoms with Crippen molar-refractivity contribution >= 4 is 33.3 Å². The molecule has 160 valence electrons. The van der Waals surface area contributed by atoms with Crippen molar-refractivity contribution in [1.29, 1.82) is 0 Å². The third-order valence-corrected chi connectivity index (χ3v) is 7.24. The van der Waals surface area contributed by atoms with Crippen LogP contribution in [0.15, 0.2) is 29.8 Å². The zero-order valence-corrected chi connectivity index (χ0v) is 17.1. The summed E-state index contributed by atoms with van der Waals surface area (Å²) in [5.74, 6) is -3.48. The van der Waals surface area contributed by atoms with Crippen LogP contribution in [0.25, 0.3) is 0 Å². The van der Waals surface area contributed by atoms with E-state index in [1.54, 1.807) is 6.92 Å². The van der Waals surface area contributed by atoms with E-state index in [1.807, 2.05) is 0 Å². The molecule has 0 amide bonds. The fourth-order valence-corrected chi connectivity index (χ4v) is 5.27. The topological polar surface area (TPSA) is 122 Å². The van der Waals surface area contributed by atoms with Crippen LogP contribution in [-0.2, 0) is 24.3 Å². The van der Waals surface area contributed by atoms with Crippen LogP contribution in [0, 0.1) is 5.82 Å². The number of carboxylic acids is 1. The molecular weight excluding hydrogens is 429 g/mol. The van der Waals surface area contributed by atoms with Gasteiger partial charge in [0.15, 0.2) is 5.79 Å². The van der Waals surface area contributed by atoms with Gasteiger partial charge in [-0.15, -0.1) is 0 Å². The Labute approximate surface area is 172 Å². The van der Waals surface area contributed by atoms with Crippen molar-refractivity contribution in [2.75, 3.05) is 17.9 Å². The predicted molar refractivity (Wildman–Crippen MR) is 103 cm³/mol. The molecule has 0 saturated carbocycles. The van der Waals surface area contributed by atoms with Gasteiger partial charge in [0.25, 0.3) is 0 Å². The van der Waals surface area contributed by atoms with Crippen LogP contribution in [0.2, 0.25) is 5.02 Å². The quantitative estimate of drug-likeness (QED) is 0.608. The maximum absolute atomic E-state index is 13.2. The van der Waals surface area contributed by atoms with Gasteiger partial charge in [-0.2, -0.15) is 0 Å². The highest BCUT2D eigenvalue weighted by molar-refractivity contribution is 7.93. The lowest BCUT2D eigenvalue weighted by atomic mass is 9.94. The van der Waals surface area contributed by atoms with Crippen molar-refractivity contribution < 1.29 is 37.3 Å². The summed E-state index contributed by atoms with van der Waals surface area (Å²) >= 11 is 5.87. The van der Waals surface area contributed by atoms with Crippen LogP contribution in [0.1, 0.15) is 26.2 Å². The van der Waals surface area contributed by atoms with Gasteiger partial charge in [-0.1, -0.05) is 18.5 Å². The summed E-state index contributed by atoms with van der Waals surface area (Å²) in [4.78, 5) is 11.8. The first-order chi connectivity index (χ1) is 13.6. The Morgan fingerprint density at radius 2 is 2.17 bits per heavy atom. The van der Waals surface area contributed by atoms with E-state index in [0.29, 0.717) is 6.42 Å². The molecule has 3 N–H and O–H groups in total. The van der Waals surface area contributed by atoms with Crippen molar-refractivity contribution in [1.82, 2.24) is 0 Å². The number of halogens is 2. The fourth-order valence-electron chi connectivity index (χ4n) is 3.45. The largest absolute Gasteiger partial charge is 0.478 e. The molecule has 1 fully saturated rings. The highest BCUT2D eigenvalue weighted by Crippen LogP contribution is 2.43. The lowest BCUT2D eigenvalue weighted by molar-refractivity contribution is -0.169. The van der Waals surface area contributed by atoms with Gasteiger partial charge in [0, 0.05) is 6.42 Å². The van der Waals surface area contributed by atoms with E-state index in [2.05, 4.69) is 4.72 Å². The fraction of sp³-hybridized carbons (Fsp3) is 0.500. The van der Waals surface area contributed by atoms with Crippen molar-refractivity contribution in [3.8, 4) is 0 Å². The number of hydrogen-bond acceptors (Lipinski definition) is 6. The summed E-state index contributed by atoms with van der Waals surface area (Å²) in [6, 6.07) is 3.14. The average Bonchev–Trinajstić information content (AvgIpc) is 3.02. The van der Waals surface area contributed by atoms with Gasteiger partial charge < -0.3 is 19.7 Å². The van der Waals surface area contributed by atoms with E-state index in [4.69, 9.17) is 21.1 Å². The molecule has 1 saturated heterocycles. The first-order valence-electron chi connectivity index (χ1n) is 8.93. The van der Waals surface area contributed by atoms with Crippen LogP contribution in [0.5, 0.6) is 0 Å². The molecule has 11 heteroatoms. The predicted octanol–water partition coefficient (Wildman–Crippen LogP) is 2.28. The summed E-state index contributed by atoms with van der Waals surface area (Å²) in [6.45, 7) is 1.55. The molecule has 8 nitrogen and oxygen atoms in total. The summed E-state index contributed by atoms with van der Waals surface area (Å²) in [5, 5.41) is 17.7. The highest BCUT2D eigenvalue weighted by Gasteiger charge is 2.52. The number of carboxylic acid groups (broad SMARTS) is 1. The highest BCUT2D eigenvalue weighted by atomic mass is 35.5. The minimum absolute atomic E-state index is 0.0586. The third kappa shape index (κ3) is 4.26. The molecule has 1 spiro atoms. The molecule has 0 bridgehead atoms. The van der Waals surface area contributed by atoms with E-state index in [0.717, 1.165) is 24.3 Å². The number of sulfonamides is 1. The number of hydrogen-bond donors (Lipinski definition) is 3. The molecule has 3 atom stereocenters. The lowest BCUT2D eigenvalue weighted by Gasteiger charge is -2.34. The molecule has 2 unspecified atom stereocenters. The van der Waals surface area contributed by atoms with E-state index < -0.39 is 44.0 Å². The van der Waals surface area contributed by atoms with Crippen LogP contribution in [-0.4, -0.2) is 54.5 Å². The molecule has 1 aromatic rings. The first kappa shape index (κ1) is 22.0. The Balaban J connectivity index is 1.91. The molecule has 2 aliphatic rings. The normalized spacial score (nSPS) is 29.7. The Bertz CT molecular complexity index is 948. The molecule has 1 aliphatic heterocycles. The van der Waals surface area contributed by atoms with Crippen molar-refractivity contribution in [3.63, 3.8) is 0 Å². The van der Waals surface area contributed by atoms with Gasteiger partial charge in [0.05, 0.1) is 29.5 Å². The third-order valence-electron chi connectivity index (χ3n) is 5.18. The number of carbonyl (C=O) groups is 1. The number of aliphatic hydroxyl groups is 1. The van der Waals surface area contributed by atoms with E-state index in [-0.39, 0.29) is 36.8 Å². The molecule has 1 heterocycles. The molecule has 0 aromatic heterocycles. The number of anilines is 1. The average molecular weight is 450 g/mol. The number of aliphatic carboxylic acids is 1. The van der Waals surface area contributed by atoms with Crippen LogP contribution in [0.3, 0.4) is 0 Å². The van der Waals surface area contributed by atoms with E-state index >= 15 is 0 Å². The summed E-state index contributed by atoms with van der Waals surface area (Å²) in [5.41, 5.74) is -1.44. The molecule has 3 rings (SSSR count). The lowest BCUT2D eigenvalue weighted by Crippen LogP contribution is -2.44. The number of aliphatic hydroxyl groups excluding tert-OH is 1. The van der Waals surface area contributed by atoms with E-state index in [1.165, 1.54) is 0 Å². The van der Waals surface area contributed by atoms with Gasteiger partial charge in [-0.05, 0) is 37.1 Å². The van der Waals surface area contributed by atoms with Crippen LogP contribution in [0.4, 0.5) is 10.1 Å². The maximum atomic E-state index is 13.2. The number of benzene rings is 1. The second-order valence-corrected chi connectivity index (χ2v) is 9.37. The van der Waals surface area contributed by atoms with Gasteiger partial charge in [-0.25, -0.2) is 17.6 Å². The number of ether oxygens (including phenoxy) is 2. The second kappa shape index (κ2) is 7.84. The standard InChI is InChI=1S/C18H21ClFNO7S/c1-2-17(9-22)10-27-18(28-17)6-5-15(12(8-18)16(23)24)29(25,26)21-14-4-3-11(20)7-13(14)19/h3-4,7-8,15,21-22H,2,5-6,9-10H2,1H3,(H,23,24)/t15?,17-,18?/m1/s1. The number of nitrogens with one attached hydrogen (secondary N) is 1. The van der Waals surface area contributed by atoms with Crippen LogP contribution < -0.4 is 4.72 Å². The van der Waals surface area contributed by atoms with Gasteiger partial charge >= 0.3 is 5.97 Å². The summed E-state index contributed by atoms with van der Waals surface area (Å²) in [7, 11) is -4.22. The van der Waals surface area contributed by atoms with Gasteiger partial charge in [-0.3, -0.25) is 4.72 Å². The van der Waals surface area contributed by atoms with E-state index in [9.17, 15) is 27.8 Å². The maximum Gasteiger partial charge on any atom is 0.332 e. The smallest absolute Gasteiger partial charge is 0.332 e. The minimum atomic E-state index is -4.22. The molecule has 1 aromatic carbocycles. The van der Waals surface area contributed by atoms with Crippen molar-refractivity contribution in [3.05, 3.63) is 40.7 Å². The first-order valence-corrected chi connectivity index (χ1v) is 10.9. The second-order valence-electron chi connectivity index (χ2n) is 7.10. The molecular formula is C18H21ClFNO7S. The number of rotatable bonds is 6. The molecule has 0 radical (unpaired) electrons. The monoisotopic (exact) mass is 449 g/mol. The zero-order chi connectivity index (χ0) is 21.4. The Morgan fingerprint density at radius 3 is 2.72 bits per heavy atom.